The predicted molar refractivity (Wildman–Crippen MR) is 99.7 cm³/mol. The lowest BCUT2D eigenvalue weighted by atomic mass is 10.4. The molecule has 0 saturated carbocycles. The van der Waals surface area contributed by atoms with Gasteiger partial charge in [-0.25, -0.2) is 19.9 Å². The lowest BCUT2D eigenvalue weighted by Gasteiger charge is -2.20. The Bertz CT molecular complexity index is 799. The molecule has 0 bridgehead atoms. The monoisotopic (exact) mass is 352 g/mol. The maximum Gasteiger partial charge on any atom is 0.152 e. The molecule has 3 aromatic heterocycles. The second kappa shape index (κ2) is 7.64. The summed E-state index contributed by atoms with van der Waals surface area (Å²) in [6.45, 7) is 0. The van der Waals surface area contributed by atoms with E-state index in [-0.39, 0.29) is 0 Å². The van der Waals surface area contributed by atoms with Crippen molar-refractivity contribution in [3.8, 4) is 11.5 Å². The van der Waals surface area contributed by atoms with E-state index in [0.717, 1.165) is 11.5 Å². The molecule has 0 aliphatic carbocycles. The van der Waals surface area contributed by atoms with Crippen LogP contribution in [0.5, 0.6) is 11.5 Å². The molecular formula is C18H20N6O2. The first kappa shape index (κ1) is 17.4. The van der Waals surface area contributed by atoms with Gasteiger partial charge in [-0.3, -0.25) is 0 Å². The van der Waals surface area contributed by atoms with Crippen LogP contribution in [0.2, 0.25) is 0 Å². The van der Waals surface area contributed by atoms with Crippen LogP contribution in [0.25, 0.3) is 0 Å². The summed E-state index contributed by atoms with van der Waals surface area (Å²) >= 11 is 0. The first-order valence-corrected chi connectivity index (χ1v) is 7.92. The molecule has 0 aliphatic heterocycles. The lowest BCUT2D eigenvalue weighted by molar-refractivity contribution is 0.414. The summed E-state index contributed by atoms with van der Waals surface area (Å²) in [5.41, 5.74) is 0. The summed E-state index contributed by atoms with van der Waals surface area (Å²) < 4.78 is 10.5. The zero-order valence-electron chi connectivity index (χ0n) is 15.1. The van der Waals surface area contributed by atoms with E-state index in [4.69, 9.17) is 9.47 Å². The van der Waals surface area contributed by atoms with Gasteiger partial charge in [0.05, 0.1) is 26.6 Å². The molecule has 3 aromatic rings. The highest BCUT2D eigenvalue weighted by Crippen LogP contribution is 2.25. The summed E-state index contributed by atoms with van der Waals surface area (Å²) in [6, 6.07) is 7.26. The molecule has 0 amide bonds. The topological polar surface area (TPSA) is 76.5 Å². The number of nitrogens with zero attached hydrogens (tertiary/aromatic N) is 6. The first-order chi connectivity index (χ1) is 12.6. The van der Waals surface area contributed by atoms with Crippen LogP contribution in [-0.4, -0.2) is 48.3 Å². The van der Waals surface area contributed by atoms with Crippen molar-refractivity contribution in [1.29, 1.82) is 0 Å². The first-order valence-electron chi connectivity index (χ1n) is 7.92. The maximum absolute atomic E-state index is 5.23. The minimum Gasteiger partial charge on any atom is -0.497 e. The van der Waals surface area contributed by atoms with Gasteiger partial charge in [0.1, 0.15) is 23.1 Å². The number of hydrogen-bond acceptors (Lipinski definition) is 8. The Morgan fingerprint density at radius 3 is 1.42 bits per heavy atom. The maximum atomic E-state index is 5.23. The smallest absolute Gasteiger partial charge is 0.152 e. The van der Waals surface area contributed by atoms with E-state index < -0.39 is 0 Å². The largest absolute Gasteiger partial charge is 0.497 e. The van der Waals surface area contributed by atoms with Crippen LogP contribution in [0.3, 0.4) is 0 Å². The number of ether oxygens (including phenoxy) is 2. The van der Waals surface area contributed by atoms with Crippen molar-refractivity contribution in [3.05, 3.63) is 49.1 Å². The second-order valence-electron chi connectivity index (χ2n) is 5.46. The zero-order valence-corrected chi connectivity index (χ0v) is 15.1. The third-order valence-electron chi connectivity index (χ3n) is 3.90. The van der Waals surface area contributed by atoms with Crippen molar-refractivity contribution in [2.24, 2.45) is 0 Å². The molecule has 0 atom stereocenters. The van der Waals surface area contributed by atoms with E-state index >= 15 is 0 Å². The van der Waals surface area contributed by atoms with Crippen molar-refractivity contribution >= 4 is 23.3 Å². The number of pyridine rings is 2. The molecule has 26 heavy (non-hydrogen) atoms. The van der Waals surface area contributed by atoms with Crippen LogP contribution in [0.15, 0.2) is 49.1 Å². The molecule has 3 rings (SSSR count). The normalized spacial score (nSPS) is 10.3. The molecule has 8 nitrogen and oxygen atoms in total. The van der Waals surface area contributed by atoms with Crippen LogP contribution in [0.4, 0.5) is 23.3 Å². The van der Waals surface area contributed by atoms with E-state index in [9.17, 15) is 0 Å². The molecule has 0 aromatic carbocycles. The van der Waals surface area contributed by atoms with Gasteiger partial charge in [-0.15, -0.1) is 0 Å². The van der Waals surface area contributed by atoms with Gasteiger partial charge >= 0.3 is 0 Å². The average Bonchev–Trinajstić information content (AvgIpc) is 2.72. The van der Waals surface area contributed by atoms with Gasteiger partial charge in [0.2, 0.25) is 0 Å². The SMILES string of the molecule is COc1ccnc(N(C)c2cnc(N(C)c3cc(OC)ccn3)cn2)c1. The molecule has 3 heterocycles. The Morgan fingerprint density at radius 2 is 1.08 bits per heavy atom. The fourth-order valence-corrected chi connectivity index (χ4v) is 2.32. The van der Waals surface area contributed by atoms with Gasteiger partial charge in [0, 0.05) is 38.6 Å². The van der Waals surface area contributed by atoms with E-state index in [0.29, 0.717) is 23.3 Å². The molecule has 0 radical (unpaired) electrons. The Balaban J connectivity index is 1.81. The Labute approximate surface area is 152 Å². The van der Waals surface area contributed by atoms with Crippen LogP contribution in [0, 0.1) is 0 Å². The molecule has 8 heteroatoms. The van der Waals surface area contributed by atoms with Gasteiger partial charge in [-0.2, -0.15) is 0 Å². The third kappa shape index (κ3) is 3.64. The Morgan fingerprint density at radius 1 is 0.654 bits per heavy atom. The number of methoxy groups -OCH3 is 2. The lowest BCUT2D eigenvalue weighted by Crippen LogP contribution is -2.16. The summed E-state index contributed by atoms with van der Waals surface area (Å²) in [6.07, 6.45) is 6.75. The Kier molecular flexibility index (Phi) is 5.12. The van der Waals surface area contributed by atoms with E-state index in [1.165, 1.54) is 0 Å². The Hall–Kier alpha value is -3.42. The molecule has 134 valence electrons. The van der Waals surface area contributed by atoms with Gasteiger partial charge in [0.25, 0.3) is 0 Å². The van der Waals surface area contributed by atoms with Gasteiger partial charge in [-0.05, 0) is 12.1 Å². The highest BCUT2D eigenvalue weighted by atomic mass is 16.5. The number of aromatic nitrogens is 4. The zero-order chi connectivity index (χ0) is 18.5. The highest BCUT2D eigenvalue weighted by molar-refractivity contribution is 5.59. The van der Waals surface area contributed by atoms with Gasteiger partial charge in [-0.1, -0.05) is 0 Å². The number of hydrogen-bond donors (Lipinski definition) is 0. The molecule has 0 aliphatic rings. The molecular weight excluding hydrogens is 332 g/mol. The minimum absolute atomic E-state index is 0.668. The van der Waals surface area contributed by atoms with E-state index in [1.54, 1.807) is 51.1 Å². The summed E-state index contributed by atoms with van der Waals surface area (Å²) in [5, 5.41) is 0. The summed E-state index contributed by atoms with van der Waals surface area (Å²) in [4.78, 5) is 21.3. The van der Waals surface area contributed by atoms with Crippen LogP contribution in [-0.2, 0) is 0 Å². The molecule has 0 spiro atoms. The fourth-order valence-electron chi connectivity index (χ4n) is 2.32. The molecule has 0 saturated heterocycles. The van der Waals surface area contributed by atoms with Crippen LogP contribution >= 0.6 is 0 Å². The molecule has 0 unspecified atom stereocenters. The average molecular weight is 352 g/mol. The van der Waals surface area contributed by atoms with E-state index in [2.05, 4.69) is 19.9 Å². The van der Waals surface area contributed by atoms with Gasteiger partial charge < -0.3 is 19.3 Å². The van der Waals surface area contributed by atoms with Crippen molar-refractivity contribution in [3.63, 3.8) is 0 Å². The second-order valence-corrected chi connectivity index (χ2v) is 5.46. The highest BCUT2D eigenvalue weighted by Gasteiger charge is 2.12. The summed E-state index contributed by atoms with van der Waals surface area (Å²) in [7, 11) is 6.99. The van der Waals surface area contributed by atoms with Crippen LogP contribution < -0.4 is 19.3 Å². The molecule has 0 N–H and O–H groups in total. The van der Waals surface area contributed by atoms with Gasteiger partial charge in [0.15, 0.2) is 11.6 Å². The number of rotatable bonds is 6. The quantitative estimate of drug-likeness (QED) is 0.670. The fraction of sp³-hybridized carbons (Fsp3) is 0.222. The summed E-state index contributed by atoms with van der Waals surface area (Å²) in [5.74, 6) is 4.23. The van der Waals surface area contributed by atoms with Crippen molar-refractivity contribution in [1.82, 2.24) is 19.9 Å². The van der Waals surface area contributed by atoms with E-state index in [1.807, 2.05) is 36.0 Å². The number of anilines is 4. The minimum atomic E-state index is 0.668. The van der Waals surface area contributed by atoms with Crippen molar-refractivity contribution in [2.75, 3.05) is 38.1 Å². The third-order valence-corrected chi connectivity index (χ3v) is 3.90. The van der Waals surface area contributed by atoms with Crippen LogP contribution in [0.1, 0.15) is 0 Å². The standard InChI is InChI=1S/C18H20N6O2/c1-23(15-9-13(25-3)5-7-19-15)17-11-22-18(12-21-17)24(2)16-10-14(26-4)6-8-20-16/h5-12H,1-4H3. The van der Waals surface area contributed by atoms with Crippen molar-refractivity contribution < 1.29 is 9.47 Å². The predicted octanol–water partition coefficient (Wildman–Crippen LogP) is 2.82. The van der Waals surface area contributed by atoms with Crippen molar-refractivity contribution in [2.45, 2.75) is 0 Å². The molecule has 0 fully saturated rings.